The van der Waals surface area contributed by atoms with Crippen LogP contribution in [0.1, 0.15) is 64.7 Å². The predicted molar refractivity (Wildman–Crippen MR) is 159 cm³/mol. The number of nitrogens with zero attached hydrogens (tertiary/aromatic N) is 4. The quantitative estimate of drug-likeness (QED) is 0.427. The lowest BCUT2D eigenvalue weighted by atomic mass is 9.93. The lowest BCUT2D eigenvalue weighted by Gasteiger charge is -2.45. The number of methoxy groups -OCH3 is 2. The highest BCUT2D eigenvalue weighted by atomic mass is 19.1. The second kappa shape index (κ2) is 11.5. The third kappa shape index (κ3) is 5.05. The van der Waals surface area contributed by atoms with Gasteiger partial charge in [-0.25, -0.2) is 8.78 Å². The van der Waals surface area contributed by atoms with Gasteiger partial charge in [0.05, 0.1) is 14.2 Å². The normalized spacial score (nSPS) is 22.0. The molecule has 13 heteroatoms. The molecule has 45 heavy (non-hydrogen) atoms. The fourth-order valence-electron chi connectivity index (χ4n) is 6.42. The number of halogens is 2. The number of aromatic nitrogens is 1. The zero-order chi connectivity index (χ0) is 32.0. The third-order valence-corrected chi connectivity index (χ3v) is 8.92. The Kier molecular flexibility index (Phi) is 7.71. The summed E-state index contributed by atoms with van der Waals surface area (Å²) in [5, 5.41) is 6.93. The van der Waals surface area contributed by atoms with Crippen molar-refractivity contribution in [3.63, 3.8) is 0 Å². The first-order valence-corrected chi connectivity index (χ1v) is 14.6. The van der Waals surface area contributed by atoms with Crippen LogP contribution in [0.3, 0.4) is 0 Å². The van der Waals surface area contributed by atoms with Crippen LogP contribution in [0.2, 0.25) is 0 Å². The minimum Gasteiger partial charge on any atom is -0.497 e. The number of ether oxygens (including phenoxy) is 2. The molecule has 2 amide bonds. The van der Waals surface area contributed by atoms with Crippen LogP contribution < -0.4 is 20.2 Å². The van der Waals surface area contributed by atoms with Gasteiger partial charge >= 0.3 is 0 Å². The highest BCUT2D eigenvalue weighted by Crippen LogP contribution is 2.47. The molecule has 1 saturated heterocycles. The summed E-state index contributed by atoms with van der Waals surface area (Å²) in [6, 6.07) is 9.86. The van der Waals surface area contributed by atoms with E-state index in [4.69, 9.17) is 14.3 Å². The number of amidine groups is 1. The average Bonchev–Trinajstić information content (AvgIpc) is 3.27. The van der Waals surface area contributed by atoms with Crippen LogP contribution >= 0.6 is 0 Å². The Bertz CT molecular complexity index is 1760. The van der Waals surface area contributed by atoms with Crippen LogP contribution in [-0.2, 0) is 17.9 Å². The number of amides is 2. The smallest absolute Gasteiger partial charge is 0.274 e. The van der Waals surface area contributed by atoms with E-state index in [0.717, 1.165) is 17.4 Å². The summed E-state index contributed by atoms with van der Waals surface area (Å²) in [4.78, 5) is 51.0. The average molecular weight is 622 g/mol. The van der Waals surface area contributed by atoms with Gasteiger partial charge in [0.1, 0.15) is 34.8 Å². The monoisotopic (exact) mass is 621 g/mol. The molecule has 2 aromatic carbocycles. The molecule has 0 radical (unpaired) electrons. The first-order chi connectivity index (χ1) is 21.6. The van der Waals surface area contributed by atoms with E-state index in [1.54, 1.807) is 16.6 Å². The van der Waals surface area contributed by atoms with Gasteiger partial charge in [0.25, 0.3) is 11.8 Å². The first-order valence-electron chi connectivity index (χ1n) is 14.6. The Balaban J connectivity index is 1.43. The Hall–Kier alpha value is -4.94. The molecule has 4 heterocycles. The van der Waals surface area contributed by atoms with Crippen molar-refractivity contribution >= 4 is 17.6 Å². The van der Waals surface area contributed by atoms with Gasteiger partial charge in [-0.05, 0) is 44.0 Å². The van der Waals surface area contributed by atoms with Gasteiger partial charge in [0.2, 0.25) is 11.2 Å². The molecule has 236 valence electrons. The van der Waals surface area contributed by atoms with Crippen LogP contribution in [0.4, 0.5) is 8.78 Å². The third-order valence-electron chi connectivity index (χ3n) is 8.92. The molecule has 1 spiro atoms. The van der Waals surface area contributed by atoms with E-state index < -0.39 is 40.6 Å². The van der Waals surface area contributed by atoms with Crippen molar-refractivity contribution in [3.05, 3.63) is 92.9 Å². The van der Waals surface area contributed by atoms with Crippen LogP contribution in [0, 0.1) is 11.6 Å². The number of fused-ring (bicyclic) bond motifs is 5. The highest BCUT2D eigenvalue weighted by Gasteiger charge is 2.57. The summed E-state index contributed by atoms with van der Waals surface area (Å²) < 4.78 is 40.0. The fraction of sp³-hybridized carbons (Fsp3) is 0.375. The molecule has 1 fully saturated rings. The second-order valence-corrected chi connectivity index (χ2v) is 11.4. The Morgan fingerprint density at radius 3 is 2.58 bits per heavy atom. The van der Waals surface area contributed by atoms with Crippen molar-refractivity contribution in [1.82, 2.24) is 19.7 Å². The van der Waals surface area contributed by atoms with Gasteiger partial charge in [0.15, 0.2) is 11.4 Å². The van der Waals surface area contributed by atoms with Crippen LogP contribution in [-0.4, -0.2) is 64.5 Å². The minimum atomic E-state index is -1.08. The molecular formula is C32H33F2N5O6. The maximum Gasteiger partial charge on any atom is 0.274 e. The van der Waals surface area contributed by atoms with Gasteiger partial charge in [0, 0.05) is 49.9 Å². The Morgan fingerprint density at radius 2 is 1.89 bits per heavy atom. The first kappa shape index (κ1) is 30.1. The number of oxime groups is 1. The van der Waals surface area contributed by atoms with Crippen molar-refractivity contribution in [1.29, 1.82) is 0 Å². The molecule has 11 nitrogen and oxygen atoms in total. The van der Waals surface area contributed by atoms with Gasteiger partial charge in [-0.15, -0.1) is 0 Å². The van der Waals surface area contributed by atoms with E-state index in [1.807, 2.05) is 38.1 Å². The largest absolute Gasteiger partial charge is 0.497 e. The molecule has 0 saturated carbocycles. The molecule has 3 aliphatic rings. The molecule has 1 aromatic heterocycles. The van der Waals surface area contributed by atoms with E-state index in [0.29, 0.717) is 31.3 Å². The molecule has 3 atom stereocenters. The maximum atomic E-state index is 14.3. The van der Waals surface area contributed by atoms with Crippen LogP contribution in [0.15, 0.2) is 58.6 Å². The highest BCUT2D eigenvalue weighted by molar-refractivity contribution is 5.99. The zero-order valence-electron chi connectivity index (χ0n) is 25.3. The zero-order valence-corrected chi connectivity index (χ0v) is 25.3. The number of hydrogen-bond acceptors (Lipinski definition) is 8. The number of carbonyl (C=O) groups excluding carboxylic acids is 2. The van der Waals surface area contributed by atoms with Crippen molar-refractivity contribution in [2.24, 2.45) is 5.16 Å². The molecule has 0 aliphatic carbocycles. The molecular weight excluding hydrogens is 588 g/mol. The van der Waals surface area contributed by atoms with E-state index >= 15 is 0 Å². The van der Waals surface area contributed by atoms with Gasteiger partial charge in [-0.2, -0.15) is 0 Å². The van der Waals surface area contributed by atoms with E-state index in [9.17, 15) is 23.2 Å². The van der Waals surface area contributed by atoms with Gasteiger partial charge in [-0.1, -0.05) is 23.4 Å². The number of nitrogens with one attached hydrogen (secondary N) is 1. The predicted octanol–water partition coefficient (Wildman–Crippen LogP) is 3.82. The Labute approximate surface area is 258 Å². The van der Waals surface area contributed by atoms with Crippen molar-refractivity contribution < 1.29 is 32.7 Å². The fourth-order valence-corrected chi connectivity index (χ4v) is 6.42. The summed E-state index contributed by atoms with van der Waals surface area (Å²) in [6.45, 7) is 4.15. The molecule has 6 rings (SSSR count). The number of rotatable bonds is 7. The SMILES string of the molecule is COc1ccc(CN2C(C)=NOC23CCC(C)N2CC3n3cc(C(=O)NCc4ccc(F)cc4F)c(=O)c(OC)c3C2=O)cc1. The van der Waals surface area contributed by atoms with Crippen LogP contribution in [0.5, 0.6) is 11.5 Å². The lowest BCUT2D eigenvalue weighted by Crippen LogP contribution is -2.58. The van der Waals surface area contributed by atoms with Gasteiger partial charge < -0.3 is 34.0 Å². The summed E-state index contributed by atoms with van der Waals surface area (Å²) >= 11 is 0. The summed E-state index contributed by atoms with van der Waals surface area (Å²) in [5.41, 5.74) is -1.14. The van der Waals surface area contributed by atoms with Crippen molar-refractivity contribution in [2.45, 2.75) is 57.6 Å². The minimum absolute atomic E-state index is 0.00514. The van der Waals surface area contributed by atoms with Crippen molar-refractivity contribution in [2.75, 3.05) is 20.8 Å². The summed E-state index contributed by atoms with van der Waals surface area (Å²) in [5.74, 6) is -1.71. The number of hydrogen-bond donors (Lipinski definition) is 1. The number of carbonyl (C=O) groups is 2. The van der Waals surface area contributed by atoms with Gasteiger partial charge in [-0.3, -0.25) is 14.4 Å². The molecule has 3 aromatic rings. The lowest BCUT2D eigenvalue weighted by molar-refractivity contribution is -0.142. The summed E-state index contributed by atoms with van der Waals surface area (Å²) in [6.07, 6.45) is 2.41. The molecule has 1 N–H and O–H groups in total. The standard InChI is InChI=1S/C32H33F2N5O6/c1-18-11-12-32(39(19(2)36-45-32)15-20-5-9-23(43-3)10-6-20)26-17-37(18)31(42)27-29(44-4)28(40)24(16-38(26)27)30(41)35-14-21-7-8-22(33)13-25(21)34/h5-10,13,16,18,26H,11-12,14-15,17H2,1-4H3,(H,35,41). The topological polar surface area (TPSA) is 115 Å². The van der Waals surface area contributed by atoms with Crippen molar-refractivity contribution in [3.8, 4) is 11.5 Å². The maximum absolute atomic E-state index is 14.3. The number of pyridine rings is 1. The summed E-state index contributed by atoms with van der Waals surface area (Å²) in [7, 11) is 2.87. The Morgan fingerprint density at radius 1 is 1.13 bits per heavy atom. The molecule has 2 bridgehead atoms. The number of benzene rings is 2. The van der Waals surface area contributed by atoms with E-state index in [2.05, 4.69) is 15.4 Å². The molecule has 3 aliphatic heterocycles. The van der Waals surface area contributed by atoms with E-state index in [-0.39, 0.29) is 41.7 Å². The molecule has 3 unspecified atom stereocenters. The van der Waals surface area contributed by atoms with Crippen LogP contribution in [0.25, 0.3) is 0 Å². The van der Waals surface area contributed by atoms with E-state index in [1.165, 1.54) is 19.4 Å². The second-order valence-electron chi connectivity index (χ2n) is 11.4.